The largest absolute Gasteiger partial charge is 0.496 e. The third-order valence-corrected chi connectivity index (χ3v) is 5.08. The van der Waals surface area contributed by atoms with E-state index in [4.69, 9.17) is 4.74 Å². The predicted molar refractivity (Wildman–Crippen MR) is 88.9 cm³/mol. The van der Waals surface area contributed by atoms with Gasteiger partial charge in [0.1, 0.15) is 11.4 Å². The van der Waals surface area contributed by atoms with Gasteiger partial charge in [-0.15, -0.1) is 0 Å². The number of benzene rings is 2. The lowest BCUT2D eigenvalue weighted by Crippen LogP contribution is -2.38. The van der Waals surface area contributed by atoms with Gasteiger partial charge in [0, 0.05) is 6.54 Å². The van der Waals surface area contributed by atoms with E-state index in [0.717, 1.165) is 5.56 Å². The fourth-order valence-electron chi connectivity index (χ4n) is 2.24. The van der Waals surface area contributed by atoms with E-state index in [0.29, 0.717) is 11.3 Å². The molecule has 0 aliphatic rings. The van der Waals surface area contributed by atoms with Crippen molar-refractivity contribution in [3.8, 4) is 5.75 Å². The molecule has 0 amide bonds. The van der Waals surface area contributed by atoms with Crippen molar-refractivity contribution in [3.63, 3.8) is 0 Å². The topological polar surface area (TPSA) is 75.6 Å². The van der Waals surface area contributed by atoms with E-state index in [-0.39, 0.29) is 11.4 Å². The van der Waals surface area contributed by atoms with Crippen LogP contribution in [0.5, 0.6) is 5.75 Å². The Kier molecular flexibility index (Phi) is 5.09. The van der Waals surface area contributed by atoms with Gasteiger partial charge >= 0.3 is 0 Å². The van der Waals surface area contributed by atoms with Gasteiger partial charge in [0.15, 0.2) is 0 Å². The normalized spacial score (nSPS) is 14.3. The maximum Gasteiger partial charge on any atom is 0.240 e. The van der Waals surface area contributed by atoms with Crippen LogP contribution in [0.15, 0.2) is 53.4 Å². The molecule has 0 radical (unpaired) electrons. The van der Waals surface area contributed by atoms with E-state index in [1.54, 1.807) is 50.2 Å². The number of ether oxygens (including phenoxy) is 1. The first-order valence-electron chi connectivity index (χ1n) is 7.18. The first kappa shape index (κ1) is 17.5. The highest BCUT2D eigenvalue weighted by molar-refractivity contribution is 7.89. The van der Waals surface area contributed by atoms with Crippen molar-refractivity contribution >= 4 is 10.0 Å². The highest BCUT2D eigenvalue weighted by atomic mass is 32.2. The Balaban J connectivity index is 2.17. The first-order chi connectivity index (χ1) is 10.8. The van der Waals surface area contributed by atoms with Crippen LogP contribution >= 0.6 is 0 Å². The molecule has 2 N–H and O–H groups in total. The number of methoxy groups -OCH3 is 1. The standard InChI is InChI=1S/C17H21NO4S/c1-13-11-15(9-10-16(13)22-3)23(20,21)18-12-17(2,19)14-7-5-4-6-8-14/h4-11,18-19H,12H2,1-3H3/t17-/m0/s1. The molecule has 2 aromatic rings. The Morgan fingerprint density at radius 2 is 1.83 bits per heavy atom. The summed E-state index contributed by atoms with van der Waals surface area (Å²) in [5.41, 5.74) is 0.0781. The van der Waals surface area contributed by atoms with E-state index < -0.39 is 15.6 Å². The monoisotopic (exact) mass is 335 g/mol. The van der Waals surface area contributed by atoms with Crippen molar-refractivity contribution in [1.82, 2.24) is 4.72 Å². The van der Waals surface area contributed by atoms with Crippen LogP contribution in [-0.4, -0.2) is 27.2 Å². The molecule has 1 atom stereocenters. The molecular weight excluding hydrogens is 314 g/mol. The summed E-state index contributed by atoms with van der Waals surface area (Å²) < 4.78 is 32.4. The molecule has 0 spiro atoms. The summed E-state index contributed by atoms with van der Waals surface area (Å²) in [6.07, 6.45) is 0. The second kappa shape index (κ2) is 6.70. The van der Waals surface area contributed by atoms with Crippen LogP contribution in [0.3, 0.4) is 0 Å². The van der Waals surface area contributed by atoms with E-state index in [1.807, 2.05) is 6.07 Å². The molecule has 0 aliphatic carbocycles. The lowest BCUT2D eigenvalue weighted by molar-refractivity contribution is 0.0627. The number of sulfonamides is 1. The molecule has 2 aromatic carbocycles. The van der Waals surface area contributed by atoms with E-state index in [1.165, 1.54) is 13.2 Å². The summed E-state index contributed by atoms with van der Waals surface area (Å²) in [6, 6.07) is 13.6. The van der Waals surface area contributed by atoms with Gasteiger partial charge in [-0.2, -0.15) is 0 Å². The minimum atomic E-state index is -3.71. The average Bonchev–Trinajstić information content (AvgIpc) is 2.54. The van der Waals surface area contributed by atoms with Gasteiger partial charge in [-0.3, -0.25) is 0 Å². The van der Waals surface area contributed by atoms with Gasteiger partial charge in [0.25, 0.3) is 0 Å². The zero-order valence-electron chi connectivity index (χ0n) is 13.4. The van der Waals surface area contributed by atoms with E-state index in [2.05, 4.69) is 4.72 Å². The summed E-state index contributed by atoms with van der Waals surface area (Å²) >= 11 is 0. The van der Waals surface area contributed by atoms with Crippen LogP contribution in [0.25, 0.3) is 0 Å². The Morgan fingerprint density at radius 3 is 2.39 bits per heavy atom. The second-order valence-corrected chi connectivity index (χ2v) is 7.36. The van der Waals surface area contributed by atoms with Gasteiger partial charge in [-0.05, 0) is 43.2 Å². The number of rotatable bonds is 6. The maximum absolute atomic E-state index is 12.4. The van der Waals surface area contributed by atoms with Crippen LogP contribution in [0, 0.1) is 6.92 Å². The maximum atomic E-state index is 12.4. The molecule has 0 heterocycles. The lowest BCUT2D eigenvalue weighted by atomic mass is 9.97. The number of aliphatic hydroxyl groups is 1. The molecule has 0 aliphatic heterocycles. The summed E-state index contributed by atoms with van der Waals surface area (Å²) in [5.74, 6) is 0.625. The fraction of sp³-hybridized carbons (Fsp3) is 0.294. The van der Waals surface area contributed by atoms with Crippen LogP contribution in [0.1, 0.15) is 18.1 Å². The van der Waals surface area contributed by atoms with Crippen LogP contribution in [0.4, 0.5) is 0 Å². The van der Waals surface area contributed by atoms with E-state index >= 15 is 0 Å². The lowest BCUT2D eigenvalue weighted by Gasteiger charge is -2.24. The molecule has 0 aromatic heterocycles. The van der Waals surface area contributed by atoms with Gasteiger partial charge in [0.2, 0.25) is 10.0 Å². The highest BCUT2D eigenvalue weighted by Crippen LogP contribution is 2.23. The van der Waals surface area contributed by atoms with Crippen LogP contribution in [-0.2, 0) is 15.6 Å². The summed E-state index contributed by atoms with van der Waals surface area (Å²) in [4.78, 5) is 0.139. The summed E-state index contributed by atoms with van der Waals surface area (Å²) in [7, 11) is -2.18. The molecule has 0 saturated heterocycles. The van der Waals surface area contributed by atoms with Crippen LogP contribution in [0.2, 0.25) is 0 Å². The first-order valence-corrected chi connectivity index (χ1v) is 8.67. The fourth-order valence-corrected chi connectivity index (χ4v) is 3.45. The molecule has 0 fully saturated rings. The Bertz CT molecular complexity index is 770. The third kappa shape index (κ3) is 4.10. The van der Waals surface area contributed by atoms with Crippen molar-refractivity contribution in [3.05, 3.63) is 59.7 Å². The van der Waals surface area contributed by atoms with Crippen LogP contribution < -0.4 is 9.46 Å². The molecule has 23 heavy (non-hydrogen) atoms. The Morgan fingerprint density at radius 1 is 1.17 bits per heavy atom. The van der Waals surface area contributed by atoms with Gasteiger partial charge in [-0.25, -0.2) is 13.1 Å². The molecular formula is C17H21NO4S. The smallest absolute Gasteiger partial charge is 0.240 e. The third-order valence-electron chi connectivity index (χ3n) is 3.68. The number of aryl methyl sites for hydroxylation is 1. The number of nitrogens with one attached hydrogen (secondary N) is 1. The highest BCUT2D eigenvalue weighted by Gasteiger charge is 2.26. The second-order valence-electron chi connectivity index (χ2n) is 5.60. The molecule has 124 valence electrons. The average molecular weight is 335 g/mol. The number of hydrogen-bond acceptors (Lipinski definition) is 4. The summed E-state index contributed by atoms with van der Waals surface area (Å²) in [6.45, 7) is 3.23. The van der Waals surface area contributed by atoms with Crippen molar-refractivity contribution in [2.24, 2.45) is 0 Å². The van der Waals surface area contributed by atoms with Crippen molar-refractivity contribution < 1.29 is 18.3 Å². The summed E-state index contributed by atoms with van der Waals surface area (Å²) in [5, 5.41) is 10.5. The molecule has 0 unspecified atom stereocenters. The van der Waals surface area contributed by atoms with Crippen molar-refractivity contribution in [2.45, 2.75) is 24.3 Å². The Labute approximate surface area is 137 Å². The van der Waals surface area contributed by atoms with E-state index in [9.17, 15) is 13.5 Å². The van der Waals surface area contributed by atoms with Gasteiger partial charge in [0.05, 0.1) is 12.0 Å². The quantitative estimate of drug-likeness (QED) is 0.848. The molecule has 6 heteroatoms. The van der Waals surface area contributed by atoms with Gasteiger partial charge in [-0.1, -0.05) is 30.3 Å². The predicted octanol–water partition coefficient (Wildman–Crippen LogP) is 2.19. The minimum Gasteiger partial charge on any atom is -0.496 e. The zero-order chi connectivity index (χ0) is 17.1. The van der Waals surface area contributed by atoms with Crippen molar-refractivity contribution in [1.29, 1.82) is 0 Å². The minimum absolute atomic E-state index is 0.121. The molecule has 2 rings (SSSR count). The molecule has 5 nitrogen and oxygen atoms in total. The number of hydrogen-bond donors (Lipinski definition) is 2. The molecule has 0 bridgehead atoms. The SMILES string of the molecule is COc1ccc(S(=O)(=O)NC[C@](C)(O)c2ccccc2)cc1C. The Hall–Kier alpha value is -1.89. The zero-order valence-corrected chi connectivity index (χ0v) is 14.2. The van der Waals surface area contributed by atoms with Crippen molar-refractivity contribution in [2.75, 3.05) is 13.7 Å². The molecule has 0 saturated carbocycles. The van der Waals surface area contributed by atoms with Gasteiger partial charge < -0.3 is 9.84 Å².